The number of aromatic nitrogens is 1. The van der Waals surface area contributed by atoms with Crippen LogP contribution in [-0.2, 0) is 0 Å². The molecule has 0 aliphatic heterocycles. The fraction of sp³-hybridized carbons (Fsp3) is 0. The van der Waals surface area contributed by atoms with Crippen LogP contribution in [0.5, 0.6) is 0 Å². The van der Waals surface area contributed by atoms with Gasteiger partial charge in [-0.2, -0.15) is 0 Å². The standard InChI is InChI=1S/C28H17BrClN/c29-19-12-15-27-25(16-19)26-17-24(18-10-13-20(30)14-11-18)22-8-4-5-9-23(22)28(26)31(27)21-6-2-1-3-7-21/h1-17H. The Bertz CT molecular complexity index is 1580. The molecule has 0 amide bonds. The largest absolute Gasteiger partial charge is 0.309 e. The van der Waals surface area contributed by atoms with Crippen LogP contribution >= 0.6 is 27.5 Å². The lowest BCUT2D eigenvalue weighted by Crippen LogP contribution is -1.94. The lowest BCUT2D eigenvalue weighted by molar-refractivity contribution is 1.19. The first-order chi connectivity index (χ1) is 15.2. The molecule has 5 aromatic carbocycles. The van der Waals surface area contributed by atoms with Crippen LogP contribution in [0.2, 0.25) is 5.02 Å². The Labute approximate surface area is 193 Å². The van der Waals surface area contributed by atoms with E-state index in [1.807, 2.05) is 12.1 Å². The van der Waals surface area contributed by atoms with Crippen LogP contribution < -0.4 is 0 Å². The van der Waals surface area contributed by atoms with Crippen LogP contribution in [0.15, 0.2) is 108 Å². The minimum absolute atomic E-state index is 0.749. The van der Waals surface area contributed by atoms with Gasteiger partial charge in [0.15, 0.2) is 0 Å². The Morgan fingerprint density at radius 3 is 2.10 bits per heavy atom. The van der Waals surface area contributed by atoms with Crippen molar-refractivity contribution >= 4 is 60.1 Å². The van der Waals surface area contributed by atoms with E-state index in [1.165, 1.54) is 38.1 Å². The van der Waals surface area contributed by atoms with Crippen molar-refractivity contribution in [3.8, 4) is 16.8 Å². The normalized spacial score (nSPS) is 11.5. The summed E-state index contributed by atoms with van der Waals surface area (Å²) in [6.07, 6.45) is 0. The molecule has 0 aliphatic rings. The van der Waals surface area contributed by atoms with Crippen LogP contribution in [0.1, 0.15) is 0 Å². The molecule has 6 rings (SSSR count). The molecule has 0 radical (unpaired) electrons. The Kier molecular flexibility index (Phi) is 4.38. The summed E-state index contributed by atoms with van der Waals surface area (Å²) in [6.45, 7) is 0. The molecule has 6 aromatic rings. The van der Waals surface area contributed by atoms with Crippen molar-refractivity contribution in [2.24, 2.45) is 0 Å². The molecule has 0 N–H and O–H groups in total. The second kappa shape index (κ2) is 7.26. The topological polar surface area (TPSA) is 4.93 Å². The molecule has 0 aliphatic carbocycles. The average Bonchev–Trinajstić information content (AvgIpc) is 3.13. The maximum absolute atomic E-state index is 6.17. The number of hydrogen-bond donors (Lipinski definition) is 0. The van der Waals surface area contributed by atoms with Crippen molar-refractivity contribution in [3.63, 3.8) is 0 Å². The van der Waals surface area contributed by atoms with Crippen LogP contribution in [0, 0.1) is 0 Å². The molecule has 1 aromatic heterocycles. The zero-order valence-electron chi connectivity index (χ0n) is 16.5. The van der Waals surface area contributed by atoms with Crippen LogP contribution in [0.3, 0.4) is 0 Å². The zero-order chi connectivity index (χ0) is 20.9. The molecule has 0 unspecified atom stereocenters. The Morgan fingerprint density at radius 2 is 1.32 bits per heavy atom. The van der Waals surface area contributed by atoms with Gasteiger partial charge in [-0.3, -0.25) is 0 Å². The Morgan fingerprint density at radius 1 is 0.613 bits per heavy atom. The third-order valence-electron chi connectivity index (χ3n) is 5.90. The van der Waals surface area contributed by atoms with Crippen molar-refractivity contribution in [2.45, 2.75) is 0 Å². The van der Waals surface area contributed by atoms with Gasteiger partial charge in [0.25, 0.3) is 0 Å². The summed E-state index contributed by atoms with van der Waals surface area (Å²) in [5, 5.41) is 5.69. The summed E-state index contributed by atoms with van der Waals surface area (Å²) in [5.74, 6) is 0. The molecule has 1 heterocycles. The molecule has 3 heteroatoms. The van der Waals surface area contributed by atoms with E-state index >= 15 is 0 Å². The van der Waals surface area contributed by atoms with E-state index < -0.39 is 0 Å². The number of nitrogens with zero attached hydrogens (tertiary/aromatic N) is 1. The molecular weight excluding hydrogens is 466 g/mol. The van der Waals surface area contributed by atoms with Gasteiger partial charge in [-0.05, 0) is 65.0 Å². The van der Waals surface area contributed by atoms with Gasteiger partial charge >= 0.3 is 0 Å². The van der Waals surface area contributed by atoms with Crippen molar-refractivity contribution < 1.29 is 0 Å². The van der Waals surface area contributed by atoms with Crippen molar-refractivity contribution in [2.75, 3.05) is 0 Å². The lowest BCUT2D eigenvalue weighted by Gasteiger charge is -2.13. The first-order valence-electron chi connectivity index (χ1n) is 10.2. The third-order valence-corrected chi connectivity index (χ3v) is 6.64. The second-order valence-electron chi connectivity index (χ2n) is 7.71. The Balaban J connectivity index is 1.84. The fourth-order valence-electron chi connectivity index (χ4n) is 4.56. The molecule has 0 bridgehead atoms. The number of hydrogen-bond acceptors (Lipinski definition) is 0. The highest BCUT2D eigenvalue weighted by atomic mass is 79.9. The summed E-state index contributed by atoms with van der Waals surface area (Å²) in [7, 11) is 0. The van der Waals surface area contributed by atoms with E-state index in [4.69, 9.17) is 11.6 Å². The van der Waals surface area contributed by atoms with Crippen LogP contribution in [0.4, 0.5) is 0 Å². The van der Waals surface area contributed by atoms with Gasteiger partial charge in [0.1, 0.15) is 0 Å². The number of rotatable bonds is 2. The highest BCUT2D eigenvalue weighted by Crippen LogP contribution is 2.41. The van der Waals surface area contributed by atoms with E-state index in [-0.39, 0.29) is 0 Å². The molecule has 1 nitrogen and oxygen atoms in total. The number of para-hydroxylation sites is 1. The molecule has 31 heavy (non-hydrogen) atoms. The van der Waals surface area contributed by atoms with Gasteiger partial charge in [0, 0.05) is 31.3 Å². The smallest absolute Gasteiger partial charge is 0.0619 e. The lowest BCUT2D eigenvalue weighted by atomic mass is 9.95. The molecule has 0 saturated heterocycles. The minimum atomic E-state index is 0.749. The van der Waals surface area contributed by atoms with E-state index in [1.54, 1.807) is 0 Å². The number of fused-ring (bicyclic) bond motifs is 5. The van der Waals surface area contributed by atoms with Crippen molar-refractivity contribution in [1.29, 1.82) is 0 Å². The first kappa shape index (κ1) is 18.7. The predicted molar refractivity (Wildman–Crippen MR) is 136 cm³/mol. The average molecular weight is 483 g/mol. The van der Waals surface area contributed by atoms with Gasteiger partial charge in [0.2, 0.25) is 0 Å². The van der Waals surface area contributed by atoms with E-state index in [9.17, 15) is 0 Å². The van der Waals surface area contributed by atoms with E-state index in [0.29, 0.717) is 0 Å². The number of halogens is 2. The predicted octanol–water partition coefficient (Wildman–Crippen LogP) is 9.02. The molecule has 148 valence electrons. The van der Waals surface area contributed by atoms with E-state index in [0.717, 1.165) is 20.7 Å². The quantitative estimate of drug-likeness (QED) is 0.232. The van der Waals surface area contributed by atoms with Gasteiger partial charge < -0.3 is 4.57 Å². The molecule has 0 fully saturated rings. The van der Waals surface area contributed by atoms with Gasteiger partial charge in [-0.1, -0.05) is 82.1 Å². The summed E-state index contributed by atoms with van der Waals surface area (Å²) >= 11 is 9.85. The zero-order valence-corrected chi connectivity index (χ0v) is 18.9. The minimum Gasteiger partial charge on any atom is -0.309 e. The monoisotopic (exact) mass is 481 g/mol. The maximum Gasteiger partial charge on any atom is 0.0619 e. The van der Waals surface area contributed by atoms with Gasteiger partial charge in [-0.25, -0.2) is 0 Å². The molecule has 0 atom stereocenters. The summed E-state index contributed by atoms with van der Waals surface area (Å²) < 4.78 is 3.46. The highest BCUT2D eigenvalue weighted by Gasteiger charge is 2.18. The van der Waals surface area contributed by atoms with Gasteiger partial charge in [0.05, 0.1) is 11.0 Å². The van der Waals surface area contributed by atoms with Crippen LogP contribution in [-0.4, -0.2) is 4.57 Å². The van der Waals surface area contributed by atoms with E-state index in [2.05, 4.69) is 111 Å². The Hall–Kier alpha value is -3.07. The second-order valence-corrected chi connectivity index (χ2v) is 9.06. The molecule has 0 saturated carbocycles. The van der Waals surface area contributed by atoms with Gasteiger partial charge in [-0.15, -0.1) is 0 Å². The number of benzene rings is 5. The molecule has 0 spiro atoms. The molecular formula is C28H17BrClN. The highest BCUT2D eigenvalue weighted by molar-refractivity contribution is 9.10. The van der Waals surface area contributed by atoms with Crippen molar-refractivity contribution in [3.05, 3.63) is 113 Å². The van der Waals surface area contributed by atoms with Crippen molar-refractivity contribution in [1.82, 2.24) is 4.57 Å². The summed E-state index contributed by atoms with van der Waals surface area (Å²) in [4.78, 5) is 0. The summed E-state index contributed by atoms with van der Waals surface area (Å²) in [6, 6.07) is 36.2. The maximum atomic E-state index is 6.17. The fourth-order valence-corrected chi connectivity index (χ4v) is 5.05. The summed E-state index contributed by atoms with van der Waals surface area (Å²) in [5.41, 5.74) is 5.97. The SMILES string of the molecule is Clc1ccc(-c2cc3c4cc(Br)ccc4n(-c4ccccc4)c3c3ccccc23)cc1. The first-order valence-corrected chi connectivity index (χ1v) is 11.3. The third kappa shape index (κ3) is 2.98. The van der Waals surface area contributed by atoms with Crippen LogP contribution in [0.25, 0.3) is 49.4 Å².